The molecule has 2 aromatic rings. The molecule has 2 atom stereocenters. The Balaban J connectivity index is 1.72. The van der Waals surface area contributed by atoms with E-state index in [1.807, 2.05) is 0 Å². The second-order valence-electron chi connectivity index (χ2n) is 5.60. The van der Waals surface area contributed by atoms with E-state index in [9.17, 15) is 9.59 Å². The third-order valence-electron chi connectivity index (χ3n) is 4.25. The smallest absolute Gasteiger partial charge is 0.201 e. The molecule has 110 valence electrons. The minimum atomic E-state index is -0.121. The van der Waals surface area contributed by atoms with Crippen LogP contribution in [0.4, 0.5) is 0 Å². The molecule has 4 heteroatoms. The number of hydrogen-bond acceptors (Lipinski definition) is 4. The monoisotopic (exact) mass is 286 g/mol. The average Bonchev–Trinajstić information content (AvgIpc) is 3.20. The van der Waals surface area contributed by atoms with Crippen LogP contribution < -0.4 is 0 Å². The van der Waals surface area contributed by atoms with Crippen LogP contribution >= 0.6 is 0 Å². The van der Waals surface area contributed by atoms with Crippen LogP contribution in [0.3, 0.4) is 0 Å². The van der Waals surface area contributed by atoms with Crippen molar-refractivity contribution >= 4 is 11.6 Å². The zero-order chi connectivity index (χ0) is 14.7. The van der Waals surface area contributed by atoms with Crippen molar-refractivity contribution in [3.05, 3.63) is 48.3 Å². The molecule has 0 amide bonds. The molecular weight excluding hydrogens is 268 g/mol. The van der Waals surface area contributed by atoms with Gasteiger partial charge in [-0.3, -0.25) is 9.59 Å². The van der Waals surface area contributed by atoms with Crippen molar-refractivity contribution in [3.8, 4) is 0 Å². The lowest BCUT2D eigenvalue weighted by Gasteiger charge is -2.29. The van der Waals surface area contributed by atoms with Crippen LogP contribution in [0.15, 0.2) is 45.6 Å². The number of furan rings is 2. The molecule has 1 saturated carbocycles. The summed E-state index contributed by atoms with van der Waals surface area (Å²) >= 11 is 0. The molecule has 2 heterocycles. The molecule has 1 aliphatic carbocycles. The van der Waals surface area contributed by atoms with E-state index in [1.165, 1.54) is 12.5 Å². The number of Topliss-reactive ketones (excluding diaryl/α,β-unsaturated/α-hetero) is 2. The van der Waals surface area contributed by atoms with Crippen molar-refractivity contribution in [2.45, 2.75) is 32.1 Å². The average molecular weight is 286 g/mol. The van der Waals surface area contributed by atoms with Gasteiger partial charge < -0.3 is 8.83 Å². The maximum atomic E-state index is 12.5. The van der Waals surface area contributed by atoms with Crippen molar-refractivity contribution < 1.29 is 18.4 Å². The second kappa shape index (κ2) is 6.12. The van der Waals surface area contributed by atoms with E-state index in [4.69, 9.17) is 8.83 Å². The zero-order valence-corrected chi connectivity index (χ0v) is 11.8. The van der Waals surface area contributed by atoms with Gasteiger partial charge in [-0.1, -0.05) is 12.8 Å². The predicted octanol–water partition coefficient (Wildman–Crippen LogP) is 4.13. The van der Waals surface area contributed by atoms with Gasteiger partial charge in [-0.25, -0.2) is 0 Å². The molecule has 0 saturated heterocycles. The van der Waals surface area contributed by atoms with Crippen LogP contribution in [0, 0.1) is 11.8 Å². The van der Waals surface area contributed by atoms with Crippen molar-refractivity contribution in [2.24, 2.45) is 11.8 Å². The van der Waals surface area contributed by atoms with Crippen molar-refractivity contribution in [1.29, 1.82) is 0 Å². The molecule has 0 aromatic carbocycles. The molecule has 21 heavy (non-hydrogen) atoms. The van der Waals surface area contributed by atoms with Crippen LogP contribution in [-0.2, 0) is 0 Å². The Hall–Kier alpha value is -2.10. The van der Waals surface area contributed by atoms with Gasteiger partial charge in [0.1, 0.15) is 0 Å². The Morgan fingerprint density at radius 3 is 2.33 bits per heavy atom. The molecule has 2 aromatic heterocycles. The summed E-state index contributed by atoms with van der Waals surface area (Å²) in [6.07, 6.45) is 7.21. The van der Waals surface area contributed by atoms with Gasteiger partial charge in [0, 0.05) is 12.3 Å². The summed E-state index contributed by atoms with van der Waals surface area (Å²) in [6.45, 7) is 0. The number of carbonyl (C=O) groups is 2. The fraction of sp³-hybridized carbons (Fsp3) is 0.412. The van der Waals surface area contributed by atoms with Gasteiger partial charge in [0.05, 0.1) is 12.5 Å². The first-order valence-corrected chi connectivity index (χ1v) is 7.40. The fourth-order valence-corrected chi connectivity index (χ4v) is 3.17. The number of hydrogen-bond donors (Lipinski definition) is 0. The summed E-state index contributed by atoms with van der Waals surface area (Å²) in [5.74, 6) is 0.737. The first-order chi connectivity index (χ1) is 10.3. The van der Waals surface area contributed by atoms with Crippen molar-refractivity contribution in [1.82, 2.24) is 0 Å². The Kier molecular flexibility index (Phi) is 4.04. The van der Waals surface area contributed by atoms with E-state index in [2.05, 4.69) is 0 Å². The summed E-state index contributed by atoms with van der Waals surface area (Å²) in [4.78, 5) is 24.7. The molecule has 4 nitrogen and oxygen atoms in total. The molecule has 0 unspecified atom stereocenters. The molecule has 0 N–H and O–H groups in total. The minimum absolute atomic E-state index is 0.0239. The lowest BCUT2D eigenvalue weighted by atomic mass is 9.74. The van der Waals surface area contributed by atoms with E-state index in [0.717, 1.165) is 25.7 Å². The first-order valence-electron chi connectivity index (χ1n) is 7.40. The summed E-state index contributed by atoms with van der Waals surface area (Å²) < 4.78 is 10.4. The molecule has 0 radical (unpaired) electrons. The molecule has 1 aliphatic rings. The maximum Gasteiger partial charge on any atom is 0.201 e. The molecule has 0 bridgehead atoms. The van der Waals surface area contributed by atoms with Crippen LogP contribution in [0.5, 0.6) is 0 Å². The maximum absolute atomic E-state index is 12.5. The Bertz CT molecular complexity index is 595. The Labute approximate surface area is 123 Å². The highest BCUT2D eigenvalue weighted by atomic mass is 16.3. The molecule has 0 aliphatic heterocycles. The van der Waals surface area contributed by atoms with E-state index in [-0.39, 0.29) is 23.4 Å². The highest BCUT2D eigenvalue weighted by Crippen LogP contribution is 2.35. The first kappa shape index (κ1) is 13.9. The number of ketones is 2. The third-order valence-corrected chi connectivity index (χ3v) is 4.25. The molecule has 0 spiro atoms. The van der Waals surface area contributed by atoms with Crippen LogP contribution in [-0.4, -0.2) is 11.6 Å². The van der Waals surface area contributed by atoms with Gasteiger partial charge >= 0.3 is 0 Å². The Morgan fingerprint density at radius 2 is 1.67 bits per heavy atom. The predicted molar refractivity (Wildman–Crippen MR) is 76.1 cm³/mol. The summed E-state index contributed by atoms with van der Waals surface area (Å²) in [6, 6.07) is 6.80. The van der Waals surface area contributed by atoms with E-state index in [1.54, 1.807) is 24.3 Å². The Morgan fingerprint density at radius 1 is 1.00 bits per heavy atom. The standard InChI is InChI=1S/C17H18O4/c18-14(15-7-3-9-20-15)11-12-5-1-2-6-13(12)17(19)16-8-4-10-21-16/h3-4,7-10,12-13H,1-2,5-6,11H2/t12-,13+/m0/s1. The highest BCUT2D eigenvalue weighted by Gasteiger charge is 2.34. The van der Waals surface area contributed by atoms with Gasteiger partial charge in [-0.05, 0) is 43.0 Å². The topological polar surface area (TPSA) is 60.4 Å². The van der Waals surface area contributed by atoms with E-state index in [0.29, 0.717) is 17.9 Å². The van der Waals surface area contributed by atoms with E-state index >= 15 is 0 Å². The molecule has 3 rings (SSSR count). The summed E-state index contributed by atoms with van der Waals surface area (Å²) in [7, 11) is 0. The third kappa shape index (κ3) is 2.99. The van der Waals surface area contributed by atoms with Gasteiger partial charge in [-0.2, -0.15) is 0 Å². The van der Waals surface area contributed by atoms with Crippen molar-refractivity contribution in [3.63, 3.8) is 0 Å². The lowest BCUT2D eigenvalue weighted by molar-refractivity contribution is 0.0753. The van der Waals surface area contributed by atoms with Gasteiger partial charge in [0.25, 0.3) is 0 Å². The minimum Gasteiger partial charge on any atom is -0.461 e. The van der Waals surface area contributed by atoms with Gasteiger partial charge in [-0.15, -0.1) is 0 Å². The highest BCUT2D eigenvalue weighted by molar-refractivity contribution is 5.97. The van der Waals surface area contributed by atoms with Crippen LogP contribution in [0.2, 0.25) is 0 Å². The summed E-state index contributed by atoms with van der Waals surface area (Å²) in [5.41, 5.74) is 0. The van der Waals surface area contributed by atoms with E-state index < -0.39 is 0 Å². The SMILES string of the molecule is O=C(C[C@@H]1CCCC[C@H]1C(=O)c1ccco1)c1ccco1. The largest absolute Gasteiger partial charge is 0.461 e. The van der Waals surface area contributed by atoms with Crippen LogP contribution in [0.1, 0.15) is 53.2 Å². The lowest BCUT2D eigenvalue weighted by Crippen LogP contribution is -2.29. The van der Waals surface area contributed by atoms with Gasteiger partial charge in [0.2, 0.25) is 5.78 Å². The van der Waals surface area contributed by atoms with Crippen molar-refractivity contribution in [2.75, 3.05) is 0 Å². The molecule has 1 fully saturated rings. The normalized spacial score (nSPS) is 22.1. The number of carbonyl (C=O) groups excluding carboxylic acids is 2. The fourth-order valence-electron chi connectivity index (χ4n) is 3.17. The summed E-state index contributed by atoms with van der Waals surface area (Å²) in [5, 5.41) is 0. The zero-order valence-electron chi connectivity index (χ0n) is 11.8. The van der Waals surface area contributed by atoms with Crippen LogP contribution in [0.25, 0.3) is 0 Å². The quantitative estimate of drug-likeness (QED) is 0.775. The second-order valence-corrected chi connectivity index (χ2v) is 5.60. The number of rotatable bonds is 5. The molecular formula is C17H18O4. The van der Waals surface area contributed by atoms with Gasteiger partial charge in [0.15, 0.2) is 17.3 Å².